The van der Waals surface area contributed by atoms with Gasteiger partial charge in [-0.1, -0.05) is 5.16 Å². The Morgan fingerprint density at radius 1 is 1.40 bits per heavy atom. The summed E-state index contributed by atoms with van der Waals surface area (Å²) in [6.45, 7) is 4.91. The normalized spacial score (nSPS) is 17.2. The molecule has 2 aromatic heterocycles. The van der Waals surface area contributed by atoms with Crippen LogP contribution in [0.4, 0.5) is 5.82 Å². The van der Waals surface area contributed by atoms with E-state index in [9.17, 15) is 0 Å². The fourth-order valence-electron chi connectivity index (χ4n) is 2.53. The van der Waals surface area contributed by atoms with Crippen molar-refractivity contribution >= 4 is 5.82 Å². The van der Waals surface area contributed by atoms with E-state index in [0.29, 0.717) is 6.04 Å². The second kappa shape index (κ2) is 6.00. The third kappa shape index (κ3) is 3.33. The first-order valence-electron chi connectivity index (χ1n) is 6.97. The van der Waals surface area contributed by atoms with Crippen LogP contribution in [0.2, 0.25) is 0 Å². The quantitative estimate of drug-likeness (QED) is 0.917. The molecule has 3 rings (SSSR count). The highest BCUT2D eigenvalue weighted by Gasteiger charge is 2.20. The number of likely N-dealkylation sites (tertiary alicyclic amines) is 1. The third-order valence-electron chi connectivity index (χ3n) is 3.58. The highest BCUT2D eigenvalue weighted by atomic mass is 16.5. The number of nitrogens with one attached hydrogen (secondary N) is 1. The van der Waals surface area contributed by atoms with Crippen LogP contribution in [0.15, 0.2) is 29.2 Å². The van der Waals surface area contributed by atoms with Gasteiger partial charge in [0.25, 0.3) is 0 Å². The first-order chi connectivity index (χ1) is 9.79. The molecule has 0 radical (unpaired) electrons. The molecule has 1 aliphatic heterocycles. The molecule has 0 aromatic carbocycles. The maximum Gasteiger partial charge on any atom is 0.150 e. The fraction of sp³-hybridized carbons (Fsp3) is 0.500. The lowest BCUT2D eigenvalue weighted by Gasteiger charge is -2.31. The lowest BCUT2D eigenvalue weighted by molar-refractivity contribution is 0.189. The maximum absolute atomic E-state index is 5.27. The molecule has 106 valence electrons. The first-order valence-corrected chi connectivity index (χ1v) is 6.97. The number of rotatable bonds is 4. The van der Waals surface area contributed by atoms with Gasteiger partial charge in [-0.05, 0) is 25.8 Å². The first kappa shape index (κ1) is 13.1. The number of nitrogens with zero attached hydrogens (tertiary/aromatic N) is 4. The number of aryl methyl sites for hydroxylation is 1. The largest absolute Gasteiger partial charge is 0.367 e. The predicted molar refractivity (Wildman–Crippen MR) is 75.2 cm³/mol. The van der Waals surface area contributed by atoms with E-state index in [4.69, 9.17) is 4.52 Å². The van der Waals surface area contributed by atoms with E-state index in [-0.39, 0.29) is 0 Å². The lowest BCUT2D eigenvalue weighted by atomic mass is 10.0. The van der Waals surface area contributed by atoms with Crippen LogP contribution in [-0.2, 0) is 6.54 Å². The summed E-state index contributed by atoms with van der Waals surface area (Å²) in [6, 6.07) is 4.40. The molecule has 0 unspecified atom stereocenters. The van der Waals surface area contributed by atoms with Gasteiger partial charge in [-0.3, -0.25) is 4.90 Å². The van der Waals surface area contributed by atoms with Gasteiger partial charge < -0.3 is 9.84 Å². The smallest absolute Gasteiger partial charge is 0.150 e. The van der Waals surface area contributed by atoms with Gasteiger partial charge in [0.1, 0.15) is 12.1 Å². The van der Waals surface area contributed by atoms with Crippen molar-refractivity contribution in [3.05, 3.63) is 36.1 Å². The zero-order valence-electron chi connectivity index (χ0n) is 11.6. The zero-order chi connectivity index (χ0) is 13.8. The van der Waals surface area contributed by atoms with Crippen LogP contribution in [0.25, 0.3) is 0 Å². The number of aromatic nitrogens is 3. The van der Waals surface area contributed by atoms with Crippen LogP contribution in [-0.4, -0.2) is 39.2 Å². The molecule has 0 spiro atoms. The molecule has 0 bridgehead atoms. The van der Waals surface area contributed by atoms with E-state index >= 15 is 0 Å². The van der Waals surface area contributed by atoms with Crippen LogP contribution in [0.5, 0.6) is 0 Å². The van der Waals surface area contributed by atoms with Crippen molar-refractivity contribution in [3.8, 4) is 0 Å². The Balaban J connectivity index is 1.47. The third-order valence-corrected chi connectivity index (χ3v) is 3.58. The summed E-state index contributed by atoms with van der Waals surface area (Å²) >= 11 is 0. The molecule has 2 aromatic rings. The molecule has 0 atom stereocenters. The Hall–Kier alpha value is -1.95. The maximum atomic E-state index is 5.27. The van der Waals surface area contributed by atoms with Crippen LogP contribution >= 0.6 is 0 Å². The van der Waals surface area contributed by atoms with Gasteiger partial charge in [0.05, 0.1) is 12.2 Å². The molecular formula is C14H19N5O. The van der Waals surface area contributed by atoms with Crippen LogP contribution < -0.4 is 5.32 Å². The molecule has 1 aliphatic rings. The molecule has 6 nitrogen and oxygen atoms in total. The monoisotopic (exact) mass is 273 g/mol. The Morgan fingerprint density at radius 2 is 2.25 bits per heavy atom. The summed E-state index contributed by atoms with van der Waals surface area (Å²) in [5, 5.41) is 7.38. The summed E-state index contributed by atoms with van der Waals surface area (Å²) in [5.41, 5.74) is 0.945. The van der Waals surface area contributed by atoms with E-state index in [1.54, 1.807) is 12.5 Å². The summed E-state index contributed by atoms with van der Waals surface area (Å²) in [4.78, 5) is 10.5. The molecule has 1 fully saturated rings. The summed E-state index contributed by atoms with van der Waals surface area (Å²) in [6.07, 6.45) is 5.55. The number of anilines is 1. The van der Waals surface area contributed by atoms with Gasteiger partial charge in [-0.25, -0.2) is 9.97 Å². The highest BCUT2D eigenvalue weighted by molar-refractivity contribution is 5.33. The van der Waals surface area contributed by atoms with Gasteiger partial charge in [-0.2, -0.15) is 0 Å². The van der Waals surface area contributed by atoms with Gasteiger partial charge in [0.15, 0.2) is 5.76 Å². The van der Waals surface area contributed by atoms with Crippen molar-refractivity contribution in [1.82, 2.24) is 20.0 Å². The molecule has 6 heteroatoms. The van der Waals surface area contributed by atoms with E-state index < -0.39 is 0 Å². The number of piperidine rings is 1. The van der Waals surface area contributed by atoms with E-state index in [2.05, 4.69) is 25.3 Å². The molecule has 20 heavy (non-hydrogen) atoms. The lowest BCUT2D eigenvalue weighted by Crippen LogP contribution is -2.38. The average molecular weight is 273 g/mol. The van der Waals surface area contributed by atoms with Crippen molar-refractivity contribution in [3.63, 3.8) is 0 Å². The Bertz CT molecular complexity index is 534. The molecule has 1 saturated heterocycles. The Morgan fingerprint density at radius 3 is 2.90 bits per heavy atom. The fourth-order valence-corrected chi connectivity index (χ4v) is 2.53. The zero-order valence-corrected chi connectivity index (χ0v) is 11.6. The molecule has 0 amide bonds. The summed E-state index contributed by atoms with van der Waals surface area (Å²) in [5.74, 6) is 1.86. The van der Waals surface area contributed by atoms with Crippen LogP contribution in [0.1, 0.15) is 24.3 Å². The van der Waals surface area contributed by atoms with Gasteiger partial charge in [0, 0.05) is 31.4 Å². The van der Waals surface area contributed by atoms with Crippen molar-refractivity contribution in [2.75, 3.05) is 18.4 Å². The molecule has 0 saturated carbocycles. The van der Waals surface area contributed by atoms with Crippen LogP contribution in [0.3, 0.4) is 0 Å². The van der Waals surface area contributed by atoms with Gasteiger partial charge in [0.2, 0.25) is 0 Å². The van der Waals surface area contributed by atoms with Gasteiger partial charge in [-0.15, -0.1) is 0 Å². The molecule has 1 N–H and O–H groups in total. The number of hydrogen-bond donors (Lipinski definition) is 1. The minimum Gasteiger partial charge on any atom is -0.367 e. The summed E-state index contributed by atoms with van der Waals surface area (Å²) < 4.78 is 5.27. The second-order valence-electron chi connectivity index (χ2n) is 5.22. The van der Waals surface area contributed by atoms with Crippen LogP contribution in [0, 0.1) is 6.92 Å². The summed E-state index contributed by atoms with van der Waals surface area (Å²) in [7, 11) is 0. The predicted octanol–water partition coefficient (Wildman–Crippen LogP) is 1.85. The van der Waals surface area contributed by atoms with Crippen molar-refractivity contribution < 1.29 is 4.52 Å². The average Bonchev–Trinajstić information content (AvgIpc) is 2.88. The SMILES string of the molecule is Cc1cc(CN2CCC(Nc3ccncn3)CC2)on1. The minimum absolute atomic E-state index is 0.484. The van der Waals surface area contributed by atoms with E-state index in [0.717, 1.165) is 49.7 Å². The highest BCUT2D eigenvalue weighted by Crippen LogP contribution is 2.17. The van der Waals surface area contributed by atoms with Crippen molar-refractivity contribution in [1.29, 1.82) is 0 Å². The Labute approximate surface area is 118 Å². The van der Waals surface area contributed by atoms with E-state index in [1.165, 1.54) is 0 Å². The topological polar surface area (TPSA) is 67.1 Å². The van der Waals surface area contributed by atoms with Crippen molar-refractivity contribution in [2.24, 2.45) is 0 Å². The standard InChI is InChI=1S/C14H19N5O/c1-11-8-13(20-18-11)9-19-6-3-12(4-7-19)17-14-2-5-15-10-16-14/h2,5,8,10,12H,3-4,6-7,9H2,1H3,(H,15,16,17). The molecule has 0 aliphatic carbocycles. The number of hydrogen-bond acceptors (Lipinski definition) is 6. The second-order valence-corrected chi connectivity index (χ2v) is 5.22. The Kier molecular flexibility index (Phi) is 3.92. The van der Waals surface area contributed by atoms with Crippen molar-refractivity contribution in [2.45, 2.75) is 32.4 Å². The van der Waals surface area contributed by atoms with E-state index in [1.807, 2.05) is 19.1 Å². The van der Waals surface area contributed by atoms with Gasteiger partial charge >= 0.3 is 0 Å². The molecule has 3 heterocycles. The minimum atomic E-state index is 0.484. The molecular weight excluding hydrogens is 254 g/mol.